The number of aryl methyl sites for hydroxylation is 1. The lowest BCUT2D eigenvalue weighted by molar-refractivity contribution is 0.0952. The van der Waals surface area contributed by atoms with Crippen molar-refractivity contribution in [2.24, 2.45) is 0 Å². The first-order valence-corrected chi connectivity index (χ1v) is 7.12. The minimum atomic E-state index is -0.142. The van der Waals surface area contributed by atoms with E-state index in [1.807, 2.05) is 30.5 Å². The van der Waals surface area contributed by atoms with Crippen molar-refractivity contribution < 1.29 is 4.79 Å². The number of carbonyl (C=O) groups is 1. The van der Waals surface area contributed by atoms with E-state index in [0.717, 1.165) is 14.9 Å². The van der Waals surface area contributed by atoms with Crippen LogP contribution in [0.3, 0.4) is 0 Å². The van der Waals surface area contributed by atoms with Gasteiger partial charge < -0.3 is 11.1 Å². The molecular weight excluding hydrogens is 312 g/mol. The van der Waals surface area contributed by atoms with E-state index in [2.05, 4.69) is 21.2 Å². The number of thiophene rings is 1. The number of amides is 1. The number of hydrogen-bond acceptors (Lipinski definition) is 3. The van der Waals surface area contributed by atoms with Crippen molar-refractivity contribution in [1.82, 2.24) is 5.32 Å². The summed E-state index contributed by atoms with van der Waals surface area (Å²) in [6, 6.07) is 7.43. The summed E-state index contributed by atoms with van der Waals surface area (Å²) >= 11 is 5.03. The van der Waals surface area contributed by atoms with Crippen LogP contribution in [-0.2, 0) is 6.54 Å². The minimum Gasteiger partial charge on any atom is -0.398 e. The van der Waals surface area contributed by atoms with Crippen molar-refractivity contribution >= 4 is 38.9 Å². The molecule has 5 heteroatoms. The third-order valence-corrected chi connectivity index (χ3v) is 4.60. The van der Waals surface area contributed by atoms with E-state index < -0.39 is 0 Å². The fourth-order valence-corrected chi connectivity index (χ4v) is 3.02. The second kappa shape index (κ2) is 5.54. The van der Waals surface area contributed by atoms with Crippen molar-refractivity contribution in [3.05, 3.63) is 50.1 Å². The van der Waals surface area contributed by atoms with Gasteiger partial charge in [0.15, 0.2) is 0 Å². The molecule has 18 heavy (non-hydrogen) atoms. The van der Waals surface area contributed by atoms with Crippen molar-refractivity contribution in [3.63, 3.8) is 0 Å². The van der Waals surface area contributed by atoms with Gasteiger partial charge in [-0.2, -0.15) is 0 Å². The molecule has 3 N–H and O–H groups in total. The number of benzene rings is 1. The molecule has 1 heterocycles. The molecular formula is C13H13BrN2OS. The minimum absolute atomic E-state index is 0.142. The zero-order chi connectivity index (χ0) is 13.1. The maximum absolute atomic E-state index is 12.0. The molecule has 0 saturated heterocycles. The lowest BCUT2D eigenvalue weighted by Crippen LogP contribution is -2.23. The first kappa shape index (κ1) is 13.1. The first-order valence-electron chi connectivity index (χ1n) is 5.44. The molecule has 0 aliphatic rings. The summed E-state index contributed by atoms with van der Waals surface area (Å²) in [6.07, 6.45) is 0. The third-order valence-electron chi connectivity index (χ3n) is 2.67. The predicted molar refractivity (Wildman–Crippen MR) is 78.8 cm³/mol. The number of rotatable bonds is 3. The van der Waals surface area contributed by atoms with E-state index in [1.165, 1.54) is 0 Å². The van der Waals surface area contributed by atoms with E-state index in [4.69, 9.17) is 5.73 Å². The van der Waals surface area contributed by atoms with Gasteiger partial charge in [-0.15, -0.1) is 11.3 Å². The Morgan fingerprint density at radius 2 is 2.22 bits per heavy atom. The van der Waals surface area contributed by atoms with Crippen LogP contribution in [0.25, 0.3) is 0 Å². The molecule has 0 aliphatic carbocycles. The van der Waals surface area contributed by atoms with Crippen LogP contribution in [0.1, 0.15) is 20.8 Å². The average molecular weight is 325 g/mol. The van der Waals surface area contributed by atoms with E-state index in [9.17, 15) is 4.79 Å². The molecule has 0 saturated carbocycles. The number of hydrogen-bond donors (Lipinski definition) is 2. The highest BCUT2D eigenvalue weighted by Gasteiger charge is 2.11. The zero-order valence-corrected chi connectivity index (χ0v) is 12.3. The molecule has 0 radical (unpaired) electrons. The van der Waals surface area contributed by atoms with E-state index in [0.29, 0.717) is 17.8 Å². The molecule has 1 amide bonds. The van der Waals surface area contributed by atoms with Crippen LogP contribution in [0.4, 0.5) is 5.69 Å². The first-order chi connectivity index (χ1) is 8.59. The fraction of sp³-hybridized carbons (Fsp3) is 0.154. The van der Waals surface area contributed by atoms with Gasteiger partial charge in [0.25, 0.3) is 5.91 Å². The molecule has 0 fully saturated rings. The molecule has 0 bridgehead atoms. The van der Waals surface area contributed by atoms with Gasteiger partial charge in [0.1, 0.15) is 0 Å². The summed E-state index contributed by atoms with van der Waals surface area (Å²) in [5.74, 6) is -0.142. The Kier molecular flexibility index (Phi) is 4.04. The molecule has 3 nitrogen and oxygen atoms in total. The Bertz CT molecular complexity index is 580. The van der Waals surface area contributed by atoms with Gasteiger partial charge >= 0.3 is 0 Å². The van der Waals surface area contributed by atoms with Crippen LogP contribution in [0.5, 0.6) is 0 Å². The highest BCUT2D eigenvalue weighted by molar-refractivity contribution is 9.10. The second-order valence-electron chi connectivity index (χ2n) is 3.91. The van der Waals surface area contributed by atoms with Gasteiger partial charge in [0.2, 0.25) is 0 Å². The Morgan fingerprint density at radius 1 is 1.44 bits per heavy atom. The van der Waals surface area contributed by atoms with E-state index in [1.54, 1.807) is 17.4 Å². The summed E-state index contributed by atoms with van der Waals surface area (Å²) in [4.78, 5) is 13.1. The number of anilines is 1. The zero-order valence-electron chi connectivity index (χ0n) is 9.87. The van der Waals surface area contributed by atoms with E-state index in [-0.39, 0.29) is 5.91 Å². The number of para-hydroxylation sites is 1. The largest absolute Gasteiger partial charge is 0.398 e. The molecule has 1 aromatic carbocycles. The summed E-state index contributed by atoms with van der Waals surface area (Å²) in [5, 5.41) is 4.85. The smallest absolute Gasteiger partial charge is 0.253 e. The van der Waals surface area contributed by atoms with Crippen molar-refractivity contribution in [1.29, 1.82) is 0 Å². The fourth-order valence-electron chi connectivity index (χ4n) is 1.59. The molecule has 2 aromatic rings. The summed E-state index contributed by atoms with van der Waals surface area (Å²) < 4.78 is 1.02. The van der Waals surface area contributed by atoms with Crippen LogP contribution >= 0.6 is 27.3 Å². The van der Waals surface area contributed by atoms with Crippen molar-refractivity contribution in [2.75, 3.05) is 5.73 Å². The van der Waals surface area contributed by atoms with Crippen LogP contribution in [0.2, 0.25) is 0 Å². The molecule has 0 unspecified atom stereocenters. The highest BCUT2D eigenvalue weighted by atomic mass is 79.9. The SMILES string of the molecule is Cc1cccc(C(=O)NCc2sccc2Br)c1N. The number of nitrogens with one attached hydrogen (secondary N) is 1. The van der Waals surface area contributed by atoms with Crippen LogP contribution in [0, 0.1) is 6.92 Å². The van der Waals surface area contributed by atoms with Crippen LogP contribution in [0.15, 0.2) is 34.1 Å². The number of carbonyl (C=O) groups excluding carboxylic acids is 1. The Labute approximate surface area is 118 Å². The maximum Gasteiger partial charge on any atom is 0.253 e. The van der Waals surface area contributed by atoms with Gasteiger partial charge in [-0.05, 0) is 45.9 Å². The van der Waals surface area contributed by atoms with Gasteiger partial charge in [-0.25, -0.2) is 0 Å². The van der Waals surface area contributed by atoms with Gasteiger partial charge in [-0.1, -0.05) is 12.1 Å². The van der Waals surface area contributed by atoms with Crippen LogP contribution < -0.4 is 11.1 Å². The molecule has 0 atom stereocenters. The second-order valence-corrected chi connectivity index (χ2v) is 5.77. The summed E-state index contributed by atoms with van der Waals surface area (Å²) in [7, 11) is 0. The Hall–Kier alpha value is -1.33. The Balaban J connectivity index is 2.09. The van der Waals surface area contributed by atoms with Gasteiger partial charge in [0.05, 0.1) is 12.1 Å². The predicted octanol–water partition coefficient (Wildman–Crippen LogP) is 3.33. The Morgan fingerprint density at radius 3 is 2.89 bits per heavy atom. The average Bonchev–Trinajstić information content (AvgIpc) is 2.75. The van der Waals surface area contributed by atoms with Crippen molar-refractivity contribution in [3.8, 4) is 0 Å². The van der Waals surface area contributed by atoms with Gasteiger partial charge in [-0.3, -0.25) is 4.79 Å². The quantitative estimate of drug-likeness (QED) is 0.851. The lowest BCUT2D eigenvalue weighted by Gasteiger charge is -2.08. The van der Waals surface area contributed by atoms with E-state index >= 15 is 0 Å². The lowest BCUT2D eigenvalue weighted by atomic mass is 10.1. The van der Waals surface area contributed by atoms with Crippen LogP contribution in [-0.4, -0.2) is 5.91 Å². The third kappa shape index (κ3) is 2.73. The topological polar surface area (TPSA) is 55.1 Å². The summed E-state index contributed by atoms with van der Waals surface area (Å²) in [5.41, 5.74) is 7.88. The normalized spacial score (nSPS) is 10.3. The maximum atomic E-state index is 12.0. The van der Waals surface area contributed by atoms with Crippen molar-refractivity contribution in [2.45, 2.75) is 13.5 Å². The molecule has 2 rings (SSSR count). The number of nitrogens with two attached hydrogens (primary N) is 1. The molecule has 1 aromatic heterocycles. The highest BCUT2D eigenvalue weighted by Crippen LogP contribution is 2.22. The van der Waals surface area contributed by atoms with Gasteiger partial charge in [0, 0.05) is 15.0 Å². The standard InChI is InChI=1S/C13H13BrN2OS/c1-8-3-2-4-9(12(8)15)13(17)16-7-11-10(14)5-6-18-11/h2-6H,7,15H2,1H3,(H,16,17). The number of nitrogen functional groups attached to an aromatic ring is 1. The number of halogens is 1. The monoisotopic (exact) mass is 324 g/mol. The summed E-state index contributed by atoms with van der Waals surface area (Å²) in [6.45, 7) is 2.40. The molecule has 94 valence electrons. The molecule has 0 spiro atoms. The molecule has 0 aliphatic heterocycles.